The average molecular weight is 407 g/mol. The predicted molar refractivity (Wildman–Crippen MR) is 134 cm³/mol. The van der Waals surface area contributed by atoms with Gasteiger partial charge in [0.2, 0.25) is 0 Å². The van der Waals surface area contributed by atoms with E-state index in [9.17, 15) is 0 Å². The van der Waals surface area contributed by atoms with Crippen molar-refractivity contribution in [3.8, 4) is 0 Å². The fourth-order valence-corrected chi connectivity index (χ4v) is 6.83. The first-order valence-electron chi connectivity index (χ1n) is 13.9. The fourth-order valence-electron chi connectivity index (χ4n) is 6.83. The van der Waals surface area contributed by atoms with Crippen LogP contribution in [-0.2, 0) is 0 Å². The molecule has 0 aromatic rings. The summed E-state index contributed by atoms with van der Waals surface area (Å²) in [6, 6.07) is 0. The molecular weight excluding hydrogens is 348 g/mol. The van der Waals surface area contributed by atoms with Crippen molar-refractivity contribution >= 4 is 0 Å². The van der Waals surface area contributed by atoms with E-state index < -0.39 is 0 Å². The van der Waals surface area contributed by atoms with Crippen LogP contribution in [0, 0.1) is 29.1 Å². The number of hydrogen-bond donors (Lipinski definition) is 0. The van der Waals surface area contributed by atoms with Crippen LogP contribution in [-0.4, -0.2) is 0 Å². The van der Waals surface area contributed by atoms with Gasteiger partial charge in [-0.25, -0.2) is 0 Å². The molecule has 174 valence electrons. The van der Waals surface area contributed by atoms with Crippen molar-refractivity contribution in [1.29, 1.82) is 0 Å². The largest absolute Gasteiger partial charge is 0.0654 e. The summed E-state index contributed by atoms with van der Waals surface area (Å²) in [7, 11) is 0. The Bertz CT molecular complexity index is 372. The normalized spacial score (nSPS) is 26.3. The lowest BCUT2D eigenvalue weighted by atomic mass is 9.49. The number of hydrogen-bond acceptors (Lipinski definition) is 0. The Morgan fingerprint density at radius 3 is 1.83 bits per heavy atom. The van der Waals surface area contributed by atoms with Gasteiger partial charge in [-0.1, -0.05) is 144 Å². The van der Waals surface area contributed by atoms with Gasteiger partial charge >= 0.3 is 0 Å². The highest BCUT2D eigenvalue weighted by Gasteiger charge is 2.49. The van der Waals surface area contributed by atoms with E-state index in [-0.39, 0.29) is 0 Å². The van der Waals surface area contributed by atoms with Crippen molar-refractivity contribution < 1.29 is 0 Å². The summed E-state index contributed by atoms with van der Waals surface area (Å²) >= 11 is 0. The molecule has 0 radical (unpaired) electrons. The van der Waals surface area contributed by atoms with E-state index in [1.165, 1.54) is 116 Å². The maximum Gasteiger partial charge on any atom is -0.0290 e. The van der Waals surface area contributed by atoms with Gasteiger partial charge in [-0.2, -0.15) is 0 Å². The van der Waals surface area contributed by atoms with E-state index in [1.54, 1.807) is 0 Å². The molecule has 1 saturated carbocycles. The molecule has 0 nitrogen and oxygen atoms in total. The molecule has 0 aromatic heterocycles. The summed E-state index contributed by atoms with van der Waals surface area (Å²) in [5.41, 5.74) is 0.663. The van der Waals surface area contributed by atoms with E-state index >= 15 is 0 Å². The molecule has 1 aliphatic carbocycles. The van der Waals surface area contributed by atoms with Gasteiger partial charge in [-0.05, 0) is 41.9 Å². The molecule has 0 aliphatic heterocycles. The van der Waals surface area contributed by atoms with Gasteiger partial charge < -0.3 is 0 Å². The monoisotopic (exact) mass is 406 g/mol. The molecule has 0 spiro atoms. The molecular formula is C29H58. The summed E-state index contributed by atoms with van der Waals surface area (Å²) < 4.78 is 0. The Morgan fingerprint density at radius 1 is 0.690 bits per heavy atom. The van der Waals surface area contributed by atoms with Crippen LogP contribution in [0.15, 0.2) is 0 Å². The minimum atomic E-state index is 0.663. The first-order chi connectivity index (χ1) is 13.9. The number of rotatable bonds is 19. The average Bonchev–Trinajstić information content (AvgIpc) is 2.66. The Kier molecular flexibility index (Phi) is 14.7. The molecule has 29 heavy (non-hydrogen) atoms. The third-order valence-electron chi connectivity index (χ3n) is 8.31. The van der Waals surface area contributed by atoms with Gasteiger partial charge in [-0.15, -0.1) is 0 Å². The van der Waals surface area contributed by atoms with Crippen LogP contribution < -0.4 is 0 Å². The molecule has 0 bridgehead atoms. The van der Waals surface area contributed by atoms with Crippen molar-refractivity contribution in [2.45, 2.75) is 157 Å². The van der Waals surface area contributed by atoms with Crippen LogP contribution in [0.4, 0.5) is 0 Å². The van der Waals surface area contributed by atoms with Crippen LogP contribution in [0.1, 0.15) is 157 Å². The van der Waals surface area contributed by atoms with Crippen LogP contribution in [0.25, 0.3) is 0 Å². The zero-order valence-corrected chi connectivity index (χ0v) is 21.5. The van der Waals surface area contributed by atoms with E-state index in [4.69, 9.17) is 0 Å². The predicted octanol–water partition coefficient (Wildman–Crippen LogP) is 10.6. The van der Waals surface area contributed by atoms with Crippen LogP contribution in [0.2, 0.25) is 0 Å². The fraction of sp³-hybridized carbons (Fsp3) is 1.00. The van der Waals surface area contributed by atoms with Crippen molar-refractivity contribution in [1.82, 2.24) is 0 Å². The van der Waals surface area contributed by atoms with E-state index in [0.29, 0.717) is 5.41 Å². The van der Waals surface area contributed by atoms with E-state index in [2.05, 4.69) is 41.5 Å². The molecule has 0 N–H and O–H groups in total. The van der Waals surface area contributed by atoms with Gasteiger partial charge in [0.15, 0.2) is 0 Å². The minimum absolute atomic E-state index is 0.663. The molecule has 1 fully saturated rings. The van der Waals surface area contributed by atoms with Gasteiger partial charge in [-0.3, -0.25) is 0 Å². The lowest BCUT2D eigenvalue weighted by Crippen LogP contribution is -2.48. The van der Waals surface area contributed by atoms with Gasteiger partial charge in [0.05, 0.1) is 0 Å². The SMILES string of the molecule is CCCCCCCCC(C)C1C(C)CC1(C)CCCCCCCCC(C)CCC. The Balaban J connectivity index is 2.11. The van der Waals surface area contributed by atoms with E-state index in [1.807, 2.05) is 0 Å². The molecule has 0 heteroatoms. The third-order valence-corrected chi connectivity index (χ3v) is 8.31. The van der Waals surface area contributed by atoms with Crippen LogP contribution in [0.5, 0.6) is 0 Å². The minimum Gasteiger partial charge on any atom is -0.0654 e. The highest BCUT2D eigenvalue weighted by atomic mass is 14.5. The quantitative estimate of drug-likeness (QED) is 0.187. The van der Waals surface area contributed by atoms with Gasteiger partial charge in [0.1, 0.15) is 0 Å². The molecule has 1 aliphatic rings. The Hall–Kier alpha value is 0. The Morgan fingerprint density at radius 2 is 1.24 bits per heavy atom. The number of unbranched alkanes of at least 4 members (excludes halogenated alkanes) is 10. The zero-order valence-electron chi connectivity index (χ0n) is 21.5. The van der Waals surface area contributed by atoms with Crippen molar-refractivity contribution in [3.63, 3.8) is 0 Å². The van der Waals surface area contributed by atoms with Crippen LogP contribution >= 0.6 is 0 Å². The zero-order chi connectivity index (χ0) is 21.5. The summed E-state index contributed by atoms with van der Waals surface area (Å²) in [5, 5.41) is 0. The summed E-state index contributed by atoms with van der Waals surface area (Å²) in [6.45, 7) is 14.8. The van der Waals surface area contributed by atoms with Crippen molar-refractivity contribution in [2.24, 2.45) is 29.1 Å². The third kappa shape index (κ3) is 10.7. The molecule has 0 heterocycles. The summed E-state index contributed by atoms with van der Waals surface area (Å²) in [5.74, 6) is 3.87. The lowest BCUT2D eigenvalue weighted by molar-refractivity contribution is -0.0639. The van der Waals surface area contributed by atoms with Gasteiger partial charge in [0.25, 0.3) is 0 Å². The lowest BCUT2D eigenvalue weighted by Gasteiger charge is -2.56. The van der Waals surface area contributed by atoms with E-state index in [0.717, 1.165) is 23.7 Å². The molecule has 1 rings (SSSR count). The first-order valence-corrected chi connectivity index (χ1v) is 13.9. The highest BCUT2D eigenvalue weighted by molar-refractivity contribution is 4.98. The first kappa shape index (κ1) is 27.0. The molecule has 0 saturated heterocycles. The Labute approximate surface area is 186 Å². The maximum atomic E-state index is 2.63. The summed E-state index contributed by atoms with van der Waals surface area (Å²) in [4.78, 5) is 0. The van der Waals surface area contributed by atoms with Crippen LogP contribution in [0.3, 0.4) is 0 Å². The van der Waals surface area contributed by atoms with Crippen molar-refractivity contribution in [3.05, 3.63) is 0 Å². The second kappa shape index (κ2) is 15.8. The summed E-state index contributed by atoms with van der Waals surface area (Å²) in [6.07, 6.45) is 26.2. The maximum absolute atomic E-state index is 2.63. The molecule has 0 aromatic carbocycles. The van der Waals surface area contributed by atoms with Gasteiger partial charge in [0, 0.05) is 0 Å². The molecule has 5 unspecified atom stereocenters. The molecule has 0 amide bonds. The highest BCUT2D eigenvalue weighted by Crippen LogP contribution is 2.57. The second-order valence-electron chi connectivity index (χ2n) is 11.4. The standard InChI is InChI=1S/C29H58/c1-7-9-10-11-15-18-22-26(4)28-27(5)24-29(28,6)23-19-16-13-12-14-17-21-25(3)20-8-2/h25-28H,7-24H2,1-6H3. The molecule has 5 atom stereocenters. The topological polar surface area (TPSA) is 0 Å². The second-order valence-corrected chi connectivity index (χ2v) is 11.4. The smallest absolute Gasteiger partial charge is 0.0290 e. The van der Waals surface area contributed by atoms with Crippen molar-refractivity contribution in [2.75, 3.05) is 0 Å².